The molecular formula is C29H43N3O5. The van der Waals surface area contributed by atoms with E-state index in [1.165, 1.54) is 37.8 Å². The summed E-state index contributed by atoms with van der Waals surface area (Å²) >= 11 is 0. The zero-order chi connectivity index (χ0) is 26.9. The maximum atomic E-state index is 12.9. The maximum Gasteiger partial charge on any atom is 0.335 e. The smallest absolute Gasteiger partial charge is 0.335 e. The zero-order valence-corrected chi connectivity index (χ0v) is 22.4. The summed E-state index contributed by atoms with van der Waals surface area (Å²) in [6.07, 6.45) is 14.1. The monoisotopic (exact) mass is 513 g/mol. The SMILES string of the molecule is CCCCCCCCCC(=O)N[C@@H](Cc1ncc(-c2ccc(C(=O)O)cc2)o1)C(=O)NCCCCCC. The first-order chi connectivity index (χ1) is 17.9. The van der Waals surface area contributed by atoms with Gasteiger partial charge in [-0.3, -0.25) is 9.59 Å². The minimum absolute atomic E-state index is 0.136. The molecule has 0 saturated heterocycles. The second-order valence-corrected chi connectivity index (χ2v) is 9.55. The normalized spacial score (nSPS) is 11.7. The molecule has 37 heavy (non-hydrogen) atoms. The fourth-order valence-electron chi connectivity index (χ4n) is 4.09. The molecular weight excluding hydrogens is 470 g/mol. The highest BCUT2D eigenvalue weighted by Crippen LogP contribution is 2.21. The zero-order valence-electron chi connectivity index (χ0n) is 22.4. The molecule has 1 atom stereocenters. The van der Waals surface area contributed by atoms with Crippen LogP contribution in [0, 0.1) is 0 Å². The summed E-state index contributed by atoms with van der Waals surface area (Å²) in [6.45, 7) is 4.90. The third kappa shape index (κ3) is 11.6. The molecule has 0 fully saturated rings. The highest BCUT2D eigenvalue weighted by Gasteiger charge is 2.23. The fraction of sp³-hybridized carbons (Fsp3) is 0.586. The number of benzene rings is 1. The van der Waals surface area contributed by atoms with Gasteiger partial charge >= 0.3 is 5.97 Å². The van der Waals surface area contributed by atoms with Gasteiger partial charge in [-0.05, 0) is 25.0 Å². The van der Waals surface area contributed by atoms with E-state index >= 15 is 0 Å². The number of carbonyl (C=O) groups is 3. The Balaban J connectivity index is 1.95. The first-order valence-corrected chi connectivity index (χ1v) is 13.8. The molecule has 0 bridgehead atoms. The van der Waals surface area contributed by atoms with Crippen LogP contribution in [-0.2, 0) is 16.0 Å². The third-order valence-corrected chi connectivity index (χ3v) is 6.34. The highest BCUT2D eigenvalue weighted by atomic mass is 16.4. The number of aromatic carboxylic acids is 1. The van der Waals surface area contributed by atoms with Crippen molar-refractivity contribution in [1.82, 2.24) is 15.6 Å². The van der Waals surface area contributed by atoms with Crippen molar-refractivity contribution in [3.05, 3.63) is 41.9 Å². The van der Waals surface area contributed by atoms with Gasteiger partial charge < -0.3 is 20.2 Å². The van der Waals surface area contributed by atoms with Crippen LogP contribution in [0.15, 0.2) is 34.9 Å². The lowest BCUT2D eigenvalue weighted by Gasteiger charge is -2.17. The fourth-order valence-corrected chi connectivity index (χ4v) is 4.09. The Morgan fingerprint density at radius 2 is 1.51 bits per heavy atom. The second-order valence-electron chi connectivity index (χ2n) is 9.55. The molecule has 0 saturated carbocycles. The van der Waals surface area contributed by atoms with Gasteiger partial charge in [0, 0.05) is 18.5 Å². The predicted molar refractivity (Wildman–Crippen MR) is 144 cm³/mol. The average molecular weight is 514 g/mol. The number of unbranched alkanes of at least 4 members (excludes halogenated alkanes) is 9. The van der Waals surface area contributed by atoms with E-state index in [9.17, 15) is 14.4 Å². The van der Waals surface area contributed by atoms with Crippen molar-refractivity contribution < 1.29 is 23.9 Å². The van der Waals surface area contributed by atoms with Gasteiger partial charge in [-0.15, -0.1) is 0 Å². The van der Waals surface area contributed by atoms with Crippen LogP contribution in [0.2, 0.25) is 0 Å². The van der Waals surface area contributed by atoms with Gasteiger partial charge in [0.15, 0.2) is 11.7 Å². The molecule has 0 aliphatic carbocycles. The van der Waals surface area contributed by atoms with Crippen LogP contribution in [0.1, 0.15) is 107 Å². The number of carboxylic acid groups (broad SMARTS) is 1. The summed E-state index contributed by atoms with van der Waals surface area (Å²) in [4.78, 5) is 40.9. The summed E-state index contributed by atoms with van der Waals surface area (Å²) in [5, 5.41) is 14.9. The Bertz CT molecular complexity index is 955. The number of amides is 2. The van der Waals surface area contributed by atoms with E-state index < -0.39 is 12.0 Å². The quantitative estimate of drug-likeness (QED) is 0.201. The molecule has 1 aromatic carbocycles. The number of aromatic nitrogens is 1. The topological polar surface area (TPSA) is 122 Å². The summed E-state index contributed by atoms with van der Waals surface area (Å²) in [5.74, 6) is -0.578. The van der Waals surface area contributed by atoms with Crippen LogP contribution < -0.4 is 10.6 Å². The number of oxazole rings is 1. The summed E-state index contributed by atoms with van der Waals surface area (Å²) < 4.78 is 5.85. The molecule has 8 nitrogen and oxygen atoms in total. The minimum atomic E-state index is -0.999. The van der Waals surface area contributed by atoms with E-state index in [1.54, 1.807) is 18.3 Å². The highest BCUT2D eigenvalue weighted by molar-refractivity contribution is 5.88. The Labute approximate surface area is 220 Å². The molecule has 0 aliphatic heterocycles. The van der Waals surface area contributed by atoms with Crippen LogP contribution in [0.25, 0.3) is 11.3 Å². The van der Waals surface area contributed by atoms with E-state index in [-0.39, 0.29) is 23.8 Å². The van der Waals surface area contributed by atoms with Gasteiger partial charge in [0.25, 0.3) is 0 Å². The first-order valence-electron chi connectivity index (χ1n) is 13.8. The van der Waals surface area contributed by atoms with E-state index in [4.69, 9.17) is 9.52 Å². The van der Waals surface area contributed by atoms with Gasteiger partial charge in [-0.2, -0.15) is 0 Å². The Kier molecular flexibility index (Phi) is 14.1. The average Bonchev–Trinajstić information content (AvgIpc) is 3.36. The maximum absolute atomic E-state index is 12.9. The number of hydrogen-bond donors (Lipinski definition) is 3. The van der Waals surface area contributed by atoms with Crippen molar-refractivity contribution in [3.63, 3.8) is 0 Å². The molecule has 204 valence electrons. The van der Waals surface area contributed by atoms with Crippen LogP contribution in [0.3, 0.4) is 0 Å². The molecule has 0 radical (unpaired) electrons. The molecule has 8 heteroatoms. The van der Waals surface area contributed by atoms with Crippen molar-refractivity contribution in [1.29, 1.82) is 0 Å². The summed E-state index contributed by atoms with van der Waals surface area (Å²) in [6, 6.07) is 5.53. The van der Waals surface area contributed by atoms with Gasteiger partial charge in [0.1, 0.15) is 6.04 Å². The van der Waals surface area contributed by atoms with Crippen LogP contribution in [0.5, 0.6) is 0 Å². The standard InChI is InChI=1S/C29H43N3O5/c1-3-5-7-9-10-11-12-14-26(33)32-24(28(34)30-19-13-8-6-4-2)20-27-31-21-25(37-27)22-15-17-23(18-16-22)29(35)36/h15-18,21,24H,3-14,19-20H2,1-2H3,(H,30,34)(H,32,33)(H,35,36)/t24-/m0/s1. The van der Waals surface area contributed by atoms with Gasteiger partial charge in [-0.1, -0.05) is 83.8 Å². The Morgan fingerprint density at radius 3 is 2.16 bits per heavy atom. The van der Waals surface area contributed by atoms with E-state index in [0.29, 0.717) is 30.2 Å². The first kappa shape index (κ1) is 30.1. The van der Waals surface area contributed by atoms with Gasteiger partial charge in [0.2, 0.25) is 11.8 Å². The van der Waals surface area contributed by atoms with Crippen molar-refractivity contribution in [3.8, 4) is 11.3 Å². The molecule has 1 heterocycles. The number of carbonyl (C=O) groups excluding carboxylic acids is 2. The van der Waals surface area contributed by atoms with Crippen molar-refractivity contribution in [2.45, 2.75) is 103 Å². The number of rotatable bonds is 19. The van der Waals surface area contributed by atoms with Gasteiger partial charge in [-0.25, -0.2) is 9.78 Å². The molecule has 2 aromatic rings. The van der Waals surface area contributed by atoms with Crippen molar-refractivity contribution >= 4 is 17.8 Å². The van der Waals surface area contributed by atoms with Crippen molar-refractivity contribution in [2.75, 3.05) is 6.54 Å². The van der Waals surface area contributed by atoms with E-state index in [2.05, 4.69) is 29.5 Å². The van der Waals surface area contributed by atoms with Crippen LogP contribution in [-0.4, -0.2) is 40.5 Å². The molecule has 0 spiro atoms. The molecule has 3 N–H and O–H groups in total. The molecule has 0 unspecified atom stereocenters. The van der Waals surface area contributed by atoms with Crippen molar-refractivity contribution in [2.24, 2.45) is 0 Å². The number of nitrogens with one attached hydrogen (secondary N) is 2. The summed E-state index contributed by atoms with van der Waals surface area (Å²) in [7, 11) is 0. The molecule has 1 aromatic heterocycles. The van der Waals surface area contributed by atoms with Crippen LogP contribution in [0.4, 0.5) is 0 Å². The molecule has 2 amide bonds. The largest absolute Gasteiger partial charge is 0.478 e. The third-order valence-electron chi connectivity index (χ3n) is 6.34. The Morgan fingerprint density at radius 1 is 0.892 bits per heavy atom. The minimum Gasteiger partial charge on any atom is -0.478 e. The Hall–Kier alpha value is -3.16. The number of hydrogen-bond acceptors (Lipinski definition) is 5. The van der Waals surface area contributed by atoms with Crippen LogP contribution >= 0.6 is 0 Å². The lowest BCUT2D eigenvalue weighted by atomic mass is 10.1. The number of carboxylic acids is 1. The lowest BCUT2D eigenvalue weighted by Crippen LogP contribution is -2.48. The molecule has 2 rings (SSSR count). The summed E-state index contributed by atoms with van der Waals surface area (Å²) in [5.41, 5.74) is 0.867. The van der Waals surface area contributed by atoms with Gasteiger partial charge in [0.05, 0.1) is 18.2 Å². The van der Waals surface area contributed by atoms with E-state index in [0.717, 1.165) is 44.9 Å². The number of nitrogens with zero attached hydrogens (tertiary/aromatic N) is 1. The molecule has 0 aliphatic rings. The predicted octanol–water partition coefficient (Wildman–Crippen LogP) is 5.90. The van der Waals surface area contributed by atoms with E-state index in [1.807, 2.05) is 0 Å². The second kappa shape index (κ2) is 17.3. The lowest BCUT2D eigenvalue weighted by molar-refractivity contribution is -0.129.